The molecule has 1 aromatic heterocycles. The van der Waals surface area contributed by atoms with E-state index in [9.17, 15) is 0 Å². The van der Waals surface area contributed by atoms with Gasteiger partial charge in [0, 0.05) is 13.1 Å². The Morgan fingerprint density at radius 1 is 1.27 bits per heavy atom. The summed E-state index contributed by atoms with van der Waals surface area (Å²) in [5.41, 5.74) is 9.98. The van der Waals surface area contributed by atoms with E-state index in [1.54, 1.807) is 0 Å². The lowest BCUT2D eigenvalue weighted by Crippen LogP contribution is -2.11. The first kappa shape index (κ1) is 9.40. The van der Waals surface area contributed by atoms with Gasteiger partial charge in [-0.2, -0.15) is 5.10 Å². The molecule has 2 aliphatic carbocycles. The van der Waals surface area contributed by atoms with Gasteiger partial charge in [0.25, 0.3) is 0 Å². The zero-order valence-corrected chi connectivity index (χ0v) is 9.21. The summed E-state index contributed by atoms with van der Waals surface area (Å²) >= 11 is 0. The van der Waals surface area contributed by atoms with Gasteiger partial charge in [0.15, 0.2) is 0 Å². The second-order valence-electron chi connectivity index (χ2n) is 4.91. The Morgan fingerprint density at radius 3 is 2.80 bits per heavy atom. The first-order valence-corrected chi connectivity index (χ1v) is 6.16. The molecule has 0 radical (unpaired) electrons. The van der Waals surface area contributed by atoms with E-state index < -0.39 is 0 Å². The molecule has 0 aliphatic heterocycles. The fraction of sp³-hybridized carbons (Fsp3) is 0.750. The summed E-state index contributed by atoms with van der Waals surface area (Å²) in [4.78, 5) is 0. The van der Waals surface area contributed by atoms with Gasteiger partial charge in [-0.05, 0) is 50.0 Å². The normalized spacial score (nSPS) is 20.3. The van der Waals surface area contributed by atoms with Crippen LogP contribution in [0.15, 0.2) is 0 Å². The minimum atomic E-state index is 0.662. The highest BCUT2D eigenvalue weighted by molar-refractivity contribution is 5.28. The Hall–Kier alpha value is -0.830. The van der Waals surface area contributed by atoms with Gasteiger partial charge in [-0.25, -0.2) is 0 Å². The van der Waals surface area contributed by atoms with Crippen LogP contribution in [-0.4, -0.2) is 9.78 Å². The molecule has 0 amide bonds. The van der Waals surface area contributed by atoms with Crippen molar-refractivity contribution in [3.8, 4) is 0 Å². The lowest BCUT2D eigenvalue weighted by Gasteiger charge is -2.10. The fourth-order valence-electron chi connectivity index (χ4n) is 2.60. The highest BCUT2D eigenvalue weighted by Gasteiger charge is 2.26. The van der Waals surface area contributed by atoms with Crippen molar-refractivity contribution in [3.05, 3.63) is 17.0 Å². The van der Waals surface area contributed by atoms with E-state index in [2.05, 4.69) is 4.68 Å². The average Bonchev–Trinajstić information content (AvgIpc) is 2.99. The lowest BCUT2D eigenvalue weighted by atomic mass is 9.96. The Kier molecular flexibility index (Phi) is 2.28. The Labute approximate surface area is 90.7 Å². The maximum atomic E-state index is 5.85. The van der Waals surface area contributed by atoms with Crippen molar-refractivity contribution < 1.29 is 0 Å². The van der Waals surface area contributed by atoms with Gasteiger partial charge in [0.2, 0.25) is 0 Å². The molecule has 0 saturated heterocycles. The summed E-state index contributed by atoms with van der Waals surface area (Å²) in [6, 6.07) is 0. The Bertz CT molecular complexity index is 363. The van der Waals surface area contributed by atoms with Crippen LogP contribution in [0, 0.1) is 5.92 Å². The van der Waals surface area contributed by atoms with Gasteiger partial charge in [-0.3, -0.25) is 4.68 Å². The third-order valence-corrected chi connectivity index (χ3v) is 3.66. The predicted molar refractivity (Wildman–Crippen MR) is 59.5 cm³/mol. The quantitative estimate of drug-likeness (QED) is 0.815. The topological polar surface area (TPSA) is 43.8 Å². The molecule has 0 unspecified atom stereocenters. The van der Waals surface area contributed by atoms with E-state index in [4.69, 9.17) is 10.8 Å². The molecule has 0 aromatic carbocycles. The van der Waals surface area contributed by atoms with Gasteiger partial charge in [-0.1, -0.05) is 0 Å². The van der Waals surface area contributed by atoms with Gasteiger partial charge in [0.1, 0.15) is 0 Å². The largest absolute Gasteiger partial charge is 0.325 e. The first-order valence-electron chi connectivity index (χ1n) is 6.16. The third kappa shape index (κ3) is 1.69. The number of fused-ring (bicyclic) bond motifs is 1. The standard InChI is InChI=1S/C12H19N3/c13-7-12-10-3-1-2-4-11(10)14-15(12)8-9-5-6-9/h9H,1-8,13H2. The van der Waals surface area contributed by atoms with Crippen molar-refractivity contribution >= 4 is 0 Å². The molecule has 15 heavy (non-hydrogen) atoms. The number of nitrogens with two attached hydrogens (primary N) is 1. The molecule has 2 N–H and O–H groups in total. The van der Waals surface area contributed by atoms with Crippen molar-refractivity contribution in [3.63, 3.8) is 0 Å². The van der Waals surface area contributed by atoms with Crippen LogP contribution in [0.25, 0.3) is 0 Å². The van der Waals surface area contributed by atoms with E-state index in [1.807, 2.05) is 0 Å². The number of rotatable bonds is 3. The molecular weight excluding hydrogens is 186 g/mol. The minimum Gasteiger partial charge on any atom is -0.325 e. The molecule has 0 bridgehead atoms. The molecule has 1 heterocycles. The number of hydrogen-bond acceptors (Lipinski definition) is 2. The second kappa shape index (κ2) is 3.63. The molecule has 3 nitrogen and oxygen atoms in total. The SMILES string of the molecule is NCc1c2c(nn1CC1CC1)CCCC2. The number of aryl methyl sites for hydroxylation is 1. The molecule has 3 rings (SSSR count). The molecule has 1 saturated carbocycles. The Morgan fingerprint density at radius 2 is 2.07 bits per heavy atom. The molecule has 0 atom stereocenters. The van der Waals surface area contributed by atoms with Gasteiger partial charge in [0.05, 0.1) is 11.4 Å². The first-order chi connectivity index (χ1) is 7.38. The summed E-state index contributed by atoms with van der Waals surface area (Å²) in [7, 11) is 0. The van der Waals surface area contributed by atoms with Crippen molar-refractivity contribution in [2.45, 2.75) is 51.6 Å². The monoisotopic (exact) mass is 205 g/mol. The van der Waals surface area contributed by atoms with E-state index in [1.165, 1.54) is 55.5 Å². The molecular formula is C12H19N3. The molecule has 3 heteroatoms. The summed E-state index contributed by atoms with van der Waals surface area (Å²) in [6.07, 6.45) is 7.75. The highest BCUT2D eigenvalue weighted by atomic mass is 15.3. The van der Waals surface area contributed by atoms with Crippen LogP contribution >= 0.6 is 0 Å². The maximum Gasteiger partial charge on any atom is 0.0660 e. The van der Waals surface area contributed by atoms with Crippen LogP contribution in [0.1, 0.15) is 42.6 Å². The molecule has 0 spiro atoms. The van der Waals surface area contributed by atoms with Gasteiger partial charge >= 0.3 is 0 Å². The van der Waals surface area contributed by atoms with E-state index in [-0.39, 0.29) is 0 Å². The smallest absolute Gasteiger partial charge is 0.0660 e. The zero-order chi connectivity index (χ0) is 10.3. The van der Waals surface area contributed by atoms with Crippen LogP contribution < -0.4 is 5.73 Å². The average molecular weight is 205 g/mol. The maximum absolute atomic E-state index is 5.85. The molecule has 1 fully saturated rings. The van der Waals surface area contributed by atoms with E-state index in [0.717, 1.165) is 12.5 Å². The number of aromatic nitrogens is 2. The lowest BCUT2D eigenvalue weighted by molar-refractivity contribution is 0.534. The van der Waals surface area contributed by atoms with Crippen molar-refractivity contribution in [2.75, 3.05) is 0 Å². The Balaban J connectivity index is 1.93. The summed E-state index contributed by atoms with van der Waals surface area (Å²) in [5, 5.41) is 4.74. The van der Waals surface area contributed by atoms with Gasteiger partial charge in [-0.15, -0.1) is 0 Å². The summed E-state index contributed by atoms with van der Waals surface area (Å²) in [5.74, 6) is 0.886. The number of hydrogen-bond donors (Lipinski definition) is 1. The van der Waals surface area contributed by atoms with Gasteiger partial charge < -0.3 is 5.73 Å². The predicted octanol–water partition coefficient (Wildman–Crippen LogP) is 1.63. The highest BCUT2D eigenvalue weighted by Crippen LogP contribution is 2.32. The second-order valence-corrected chi connectivity index (χ2v) is 4.91. The van der Waals surface area contributed by atoms with Crippen LogP contribution in [0.4, 0.5) is 0 Å². The van der Waals surface area contributed by atoms with Crippen LogP contribution in [0.5, 0.6) is 0 Å². The molecule has 2 aliphatic rings. The molecule has 1 aromatic rings. The van der Waals surface area contributed by atoms with Crippen molar-refractivity contribution in [1.82, 2.24) is 9.78 Å². The minimum absolute atomic E-state index is 0.662. The fourth-order valence-corrected chi connectivity index (χ4v) is 2.60. The van der Waals surface area contributed by atoms with E-state index in [0.29, 0.717) is 6.54 Å². The van der Waals surface area contributed by atoms with Crippen LogP contribution in [0.3, 0.4) is 0 Å². The van der Waals surface area contributed by atoms with E-state index >= 15 is 0 Å². The van der Waals surface area contributed by atoms with Crippen LogP contribution in [-0.2, 0) is 25.9 Å². The van der Waals surface area contributed by atoms with Crippen molar-refractivity contribution in [1.29, 1.82) is 0 Å². The third-order valence-electron chi connectivity index (χ3n) is 3.66. The molecule has 82 valence electrons. The summed E-state index contributed by atoms with van der Waals surface area (Å²) < 4.78 is 2.20. The summed E-state index contributed by atoms with van der Waals surface area (Å²) in [6.45, 7) is 1.77. The van der Waals surface area contributed by atoms with Crippen LogP contribution in [0.2, 0.25) is 0 Å². The zero-order valence-electron chi connectivity index (χ0n) is 9.21. The number of nitrogens with zero attached hydrogens (tertiary/aromatic N) is 2. The van der Waals surface area contributed by atoms with Crippen molar-refractivity contribution in [2.24, 2.45) is 11.7 Å².